The molecule has 1 atom stereocenters. The third-order valence-electron chi connectivity index (χ3n) is 3.02. The third-order valence-corrected chi connectivity index (χ3v) is 3.02. The third kappa shape index (κ3) is 6.43. The van der Waals surface area contributed by atoms with E-state index in [1.165, 1.54) is 13.8 Å². The summed E-state index contributed by atoms with van der Waals surface area (Å²) in [6.07, 6.45) is 2.28. The van der Waals surface area contributed by atoms with Gasteiger partial charge in [0.1, 0.15) is 11.6 Å². The van der Waals surface area contributed by atoms with Crippen LogP contribution >= 0.6 is 0 Å². The summed E-state index contributed by atoms with van der Waals surface area (Å²) in [5.41, 5.74) is -1.98. The molecule has 0 bridgehead atoms. The number of unbranched alkanes of at least 4 members (excludes halogenated alkanes) is 1. The first kappa shape index (κ1) is 20.4. The highest BCUT2D eigenvalue weighted by atomic mass is 16.7. The fraction of sp³-hybridized carbons (Fsp3) is 0.800. The summed E-state index contributed by atoms with van der Waals surface area (Å²) < 4.78 is 0. The highest BCUT2D eigenvalue weighted by molar-refractivity contribution is 5.90. The molecule has 0 aliphatic carbocycles. The highest BCUT2D eigenvalue weighted by Crippen LogP contribution is 2.19. The molecule has 128 valence electrons. The Balaban J connectivity index is 5.04. The van der Waals surface area contributed by atoms with Crippen LogP contribution in [0.3, 0.4) is 0 Å². The molecule has 2 amide bonds. The van der Waals surface area contributed by atoms with Crippen LogP contribution in [0.25, 0.3) is 0 Å². The Morgan fingerprint density at radius 3 is 2.18 bits per heavy atom. The lowest BCUT2D eigenvalue weighted by atomic mass is 10.0. The number of nitrogens with zero attached hydrogens (tertiary/aromatic N) is 1. The van der Waals surface area contributed by atoms with E-state index in [1.807, 2.05) is 6.92 Å². The lowest BCUT2D eigenvalue weighted by Crippen LogP contribution is -2.58. The molecular formula is C15H28N2O5. The minimum absolute atomic E-state index is 0.342. The largest absolute Gasteiger partial charge is 0.480 e. The molecule has 0 heterocycles. The summed E-state index contributed by atoms with van der Waals surface area (Å²) in [6, 6.07) is -0.977. The Morgan fingerprint density at radius 2 is 1.82 bits per heavy atom. The Labute approximate surface area is 132 Å². The van der Waals surface area contributed by atoms with Gasteiger partial charge in [-0.2, -0.15) is 0 Å². The van der Waals surface area contributed by atoms with Gasteiger partial charge < -0.3 is 10.4 Å². The van der Waals surface area contributed by atoms with Crippen LogP contribution in [-0.2, 0) is 19.2 Å². The average molecular weight is 316 g/mol. The predicted octanol–water partition coefficient (Wildman–Crippen LogP) is 1.71. The monoisotopic (exact) mass is 316 g/mol. The molecule has 0 saturated carbocycles. The summed E-state index contributed by atoms with van der Waals surface area (Å²) in [4.78, 5) is 40.3. The van der Waals surface area contributed by atoms with Crippen molar-refractivity contribution in [2.75, 3.05) is 0 Å². The fourth-order valence-corrected chi connectivity index (χ4v) is 1.66. The summed E-state index contributed by atoms with van der Waals surface area (Å²) in [6.45, 7) is 10.2. The fourth-order valence-electron chi connectivity index (χ4n) is 1.66. The second kappa shape index (κ2) is 8.12. The molecule has 0 spiro atoms. The van der Waals surface area contributed by atoms with Crippen molar-refractivity contribution in [3.63, 3.8) is 0 Å². The van der Waals surface area contributed by atoms with E-state index >= 15 is 0 Å². The van der Waals surface area contributed by atoms with E-state index in [0.717, 1.165) is 11.5 Å². The normalized spacial score (nSPS) is 13.4. The van der Waals surface area contributed by atoms with Crippen LogP contribution < -0.4 is 5.32 Å². The zero-order valence-corrected chi connectivity index (χ0v) is 14.3. The molecular weight excluding hydrogens is 288 g/mol. The van der Waals surface area contributed by atoms with Crippen molar-refractivity contribution in [3.05, 3.63) is 0 Å². The highest BCUT2D eigenvalue weighted by Gasteiger charge is 2.39. The number of rotatable bonds is 9. The minimum Gasteiger partial charge on any atom is -0.480 e. The van der Waals surface area contributed by atoms with E-state index in [1.54, 1.807) is 20.8 Å². The van der Waals surface area contributed by atoms with Crippen LogP contribution in [0.2, 0.25) is 0 Å². The second-order valence-electron chi connectivity index (χ2n) is 6.70. The van der Waals surface area contributed by atoms with Crippen molar-refractivity contribution < 1.29 is 24.3 Å². The summed E-state index contributed by atoms with van der Waals surface area (Å²) in [5.74, 6) is -1.67. The van der Waals surface area contributed by atoms with Gasteiger partial charge in [0.15, 0.2) is 0 Å². The van der Waals surface area contributed by atoms with Crippen LogP contribution in [0.4, 0.5) is 0 Å². The van der Waals surface area contributed by atoms with Crippen molar-refractivity contribution in [2.24, 2.45) is 0 Å². The van der Waals surface area contributed by atoms with E-state index in [4.69, 9.17) is 9.94 Å². The van der Waals surface area contributed by atoms with E-state index in [9.17, 15) is 14.4 Å². The number of carbonyl (C=O) groups is 3. The van der Waals surface area contributed by atoms with Gasteiger partial charge in [-0.25, -0.2) is 9.86 Å². The molecule has 2 N–H and O–H groups in total. The molecule has 0 radical (unpaired) electrons. The molecule has 7 heteroatoms. The van der Waals surface area contributed by atoms with Crippen LogP contribution in [0.1, 0.15) is 60.8 Å². The number of carboxylic acids is 1. The lowest BCUT2D eigenvalue weighted by Gasteiger charge is -2.37. The van der Waals surface area contributed by atoms with Gasteiger partial charge >= 0.3 is 5.97 Å². The smallest absolute Gasteiger partial charge is 0.326 e. The number of amides is 2. The van der Waals surface area contributed by atoms with Gasteiger partial charge in [0.05, 0.1) is 5.60 Å². The van der Waals surface area contributed by atoms with Crippen molar-refractivity contribution >= 4 is 18.3 Å². The van der Waals surface area contributed by atoms with Crippen molar-refractivity contribution in [3.8, 4) is 0 Å². The molecule has 0 unspecified atom stereocenters. The molecule has 7 nitrogen and oxygen atoms in total. The first-order valence-electron chi connectivity index (χ1n) is 7.43. The molecule has 0 aliphatic rings. The first-order valence-corrected chi connectivity index (χ1v) is 7.43. The van der Waals surface area contributed by atoms with Gasteiger partial charge in [-0.3, -0.25) is 14.4 Å². The Hall–Kier alpha value is -1.63. The van der Waals surface area contributed by atoms with Crippen LogP contribution in [0, 0.1) is 0 Å². The standard InChI is InChI=1S/C15H28N2O5/c1-7-8-9-11(12(19)20)16-13(21)15(5,6)17(10-18)22-14(2,3)4/h10-11H,7-9H2,1-6H3,(H,16,21)(H,19,20)/t11-/m1/s1. The predicted molar refractivity (Wildman–Crippen MR) is 81.9 cm³/mol. The van der Waals surface area contributed by atoms with Gasteiger partial charge in [0.25, 0.3) is 0 Å². The summed E-state index contributed by atoms with van der Waals surface area (Å²) in [7, 11) is 0. The molecule has 0 aromatic heterocycles. The summed E-state index contributed by atoms with van der Waals surface area (Å²) >= 11 is 0. The van der Waals surface area contributed by atoms with Crippen LogP contribution in [0.5, 0.6) is 0 Å². The van der Waals surface area contributed by atoms with Crippen LogP contribution in [0.15, 0.2) is 0 Å². The number of hydrogen-bond acceptors (Lipinski definition) is 4. The minimum atomic E-state index is -1.32. The van der Waals surface area contributed by atoms with Gasteiger partial charge in [-0.15, -0.1) is 0 Å². The van der Waals surface area contributed by atoms with E-state index < -0.39 is 29.1 Å². The number of nitrogens with one attached hydrogen (secondary N) is 1. The Bertz CT molecular complexity index is 401. The zero-order valence-electron chi connectivity index (χ0n) is 14.3. The van der Waals surface area contributed by atoms with E-state index in [2.05, 4.69) is 5.32 Å². The van der Waals surface area contributed by atoms with Crippen molar-refractivity contribution in [2.45, 2.75) is 78.0 Å². The first-order chi connectivity index (χ1) is 9.95. The van der Waals surface area contributed by atoms with E-state index in [0.29, 0.717) is 19.3 Å². The molecule has 0 rings (SSSR count). The molecule has 0 aromatic rings. The molecule has 0 saturated heterocycles. The maximum atomic E-state index is 12.4. The average Bonchev–Trinajstić information content (AvgIpc) is 2.38. The van der Waals surface area contributed by atoms with Crippen LogP contribution in [-0.4, -0.2) is 45.6 Å². The summed E-state index contributed by atoms with van der Waals surface area (Å²) in [5, 5.41) is 12.6. The molecule has 0 fully saturated rings. The maximum Gasteiger partial charge on any atom is 0.326 e. The van der Waals surface area contributed by atoms with Crippen molar-refractivity contribution in [1.82, 2.24) is 10.4 Å². The van der Waals surface area contributed by atoms with Gasteiger partial charge in [-0.1, -0.05) is 19.8 Å². The topological polar surface area (TPSA) is 95.9 Å². The molecule has 22 heavy (non-hydrogen) atoms. The zero-order chi connectivity index (χ0) is 17.6. The lowest BCUT2D eigenvalue weighted by molar-refractivity contribution is -0.247. The molecule has 0 aliphatic heterocycles. The second-order valence-corrected chi connectivity index (χ2v) is 6.70. The Kier molecular flexibility index (Phi) is 7.52. The number of aliphatic carboxylic acids is 1. The van der Waals surface area contributed by atoms with Crippen molar-refractivity contribution in [1.29, 1.82) is 0 Å². The number of hydrogen-bond donors (Lipinski definition) is 2. The maximum absolute atomic E-state index is 12.4. The van der Waals surface area contributed by atoms with Gasteiger partial charge in [0, 0.05) is 0 Å². The number of hydroxylamine groups is 2. The van der Waals surface area contributed by atoms with E-state index in [-0.39, 0.29) is 0 Å². The van der Waals surface area contributed by atoms with Gasteiger partial charge in [0.2, 0.25) is 12.3 Å². The van der Waals surface area contributed by atoms with Gasteiger partial charge in [-0.05, 0) is 41.0 Å². The number of carboxylic acid groups (broad SMARTS) is 1. The SMILES string of the molecule is CCCC[C@@H](NC(=O)C(C)(C)N(C=O)OC(C)(C)C)C(=O)O. The quantitative estimate of drug-likeness (QED) is 0.499. The Morgan fingerprint density at radius 1 is 1.27 bits per heavy atom. The molecule has 0 aromatic carbocycles. The number of carbonyl (C=O) groups excluding carboxylic acids is 2.